The number of aliphatic hydroxyl groups is 1. The largest absolute Gasteiger partial charge is 0.392 e. The SMILES string of the molecule is OC(CC1CCCC1)C1(c2ccccc2)CCCC1. The Bertz CT molecular complexity index is 385. The molecule has 0 saturated heterocycles. The van der Waals surface area contributed by atoms with Crippen LogP contribution in [0.1, 0.15) is 63.4 Å². The van der Waals surface area contributed by atoms with Crippen molar-refractivity contribution in [2.24, 2.45) is 5.92 Å². The third kappa shape index (κ3) is 2.58. The second kappa shape index (κ2) is 5.66. The van der Waals surface area contributed by atoms with Crippen LogP contribution in [0.2, 0.25) is 0 Å². The van der Waals surface area contributed by atoms with Crippen molar-refractivity contribution in [3.63, 3.8) is 0 Å². The van der Waals surface area contributed by atoms with Crippen molar-refractivity contribution >= 4 is 0 Å². The quantitative estimate of drug-likeness (QED) is 0.846. The van der Waals surface area contributed by atoms with Gasteiger partial charge < -0.3 is 5.11 Å². The topological polar surface area (TPSA) is 20.2 Å². The van der Waals surface area contributed by atoms with Crippen LogP contribution in [-0.2, 0) is 5.41 Å². The van der Waals surface area contributed by atoms with E-state index < -0.39 is 0 Å². The molecule has 0 radical (unpaired) electrons. The molecule has 0 aromatic heterocycles. The molecule has 1 atom stereocenters. The molecule has 2 fully saturated rings. The van der Waals surface area contributed by atoms with Crippen molar-refractivity contribution in [1.82, 2.24) is 0 Å². The summed E-state index contributed by atoms with van der Waals surface area (Å²) in [6.45, 7) is 0. The van der Waals surface area contributed by atoms with Gasteiger partial charge in [-0.05, 0) is 30.7 Å². The maximum atomic E-state index is 10.9. The Hall–Kier alpha value is -0.820. The molecule has 1 aromatic carbocycles. The molecule has 0 bridgehead atoms. The summed E-state index contributed by atoms with van der Waals surface area (Å²) in [6.07, 6.45) is 11.2. The molecule has 0 heterocycles. The fraction of sp³-hybridized carbons (Fsp3) is 0.667. The summed E-state index contributed by atoms with van der Waals surface area (Å²) in [6, 6.07) is 10.8. The van der Waals surface area contributed by atoms with E-state index in [9.17, 15) is 5.11 Å². The third-order valence-corrected chi connectivity index (χ3v) is 5.51. The van der Waals surface area contributed by atoms with E-state index in [1.54, 1.807) is 0 Å². The van der Waals surface area contributed by atoms with Crippen LogP contribution in [0.3, 0.4) is 0 Å². The van der Waals surface area contributed by atoms with Crippen molar-refractivity contribution in [2.45, 2.75) is 69.3 Å². The highest BCUT2D eigenvalue weighted by Crippen LogP contribution is 2.46. The average Bonchev–Trinajstić information content (AvgIpc) is 3.11. The zero-order valence-electron chi connectivity index (χ0n) is 11.9. The van der Waals surface area contributed by atoms with E-state index in [0.717, 1.165) is 12.3 Å². The number of benzene rings is 1. The summed E-state index contributed by atoms with van der Waals surface area (Å²) in [5.41, 5.74) is 1.43. The lowest BCUT2D eigenvalue weighted by Gasteiger charge is -2.36. The minimum absolute atomic E-state index is 0.0594. The molecule has 2 aliphatic carbocycles. The third-order valence-electron chi connectivity index (χ3n) is 5.51. The van der Waals surface area contributed by atoms with Crippen LogP contribution < -0.4 is 0 Å². The molecule has 1 N–H and O–H groups in total. The Morgan fingerprint density at radius 3 is 2.26 bits per heavy atom. The van der Waals surface area contributed by atoms with Crippen LogP contribution in [0.15, 0.2) is 30.3 Å². The van der Waals surface area contributed by atoms with Crippen LogP contribution in [0, 0.1) is 5.92 Å². The number of rotatable bonds is 4. The number of hydrogen-bond acceptors (Lipinski definition) is 1. The molecule has 1 nitrogen and oxygen atoms in total. The van der Waals surface area contributed by atoms with Gasteiger partial charge in [-0.3, -0.25) is 0 Å². The monoisotopic (exact) mass is 258 g/mol. The van der Waals surface area contributed by atoms with Gasteiger partial charge in [-0.25, -0.2) is 0 Å². The van der Waals surface area contributed by atoms with Gasteiger partial charge in [-0.15, -0.1) is 0 Å². The number of hydrogen-bond donors (Lipinski definition) is 1. The first kappa shape index (κ1) is 13.2. The van der Waals surface area contributed by atoms with Gasteiger partial charge in [0.25, 0.3) is 0 Å². The summed E-state index contributed by atoms with van der Waals surface area (Å²) in [5, 5.41) is 10.9. The van der Waals surface area contributed by atoms with E-state index in [2.05, 4.69) is 30.3 Å². The predicted octanol–water partition coefficient (Wildman–Crippen LogP) is 4.44. The highest BCUT2D eigenvalue weighted by atomic mass is 16.3. The Morgan fingerprint density at radius 2 is 1.63 bits per heavy atom. The van der Waals surface area contributed by atoms with Gasteiger partial charge in [0.2, 0.25) is 0 Å². The van der Waals surface area contributed by atoms with Crippen molar-refractivity contribution in [3.8, 4) is 0 Å². The summed E-state index contributed by atoms with van der Waals surface area (Å²) >= 11 is 0. The molecular formula is C18H26O. The fourth-order valence-electron chi connectivity index (χ4n) is 4.38. The normalized spacial score (nSPS) is 24.7. The van der Waals surface area contributed by atoms with Crippen molar-refractivity contribution < 1.29 is 5.11 Å². The van der Waals surface area contributed by atoms with E-state index in [0.29, 0.717) is 0 Å². The maximum Gasteiger partial charge on any atom is 0.0639 e. The molecule has 104 valence electrons. The summed E-state index contributed by atoms with van der Waals surface area (Å²) in [7, 11) is 0. The standard InChI is InChI=1S/C18H26O/c19-17(14-15-8-4-5-9-15)18(12-6-7-13-18)16-10-2-1-3-11-16/h1-3,10-11,15,17,19H,4-9,12-14H2. The minimum Gasteiger partial charge on any atom is -0.392 e. The Labute approximate surface area is 117 Å². The van der Waals surface area contributed by atoms with E-state index in [1.807, 2.05) is 0 Å². The lowest BCUT2D eigenvalue weighted by atomic mass is 9.71. The van der Waals surface area contributed by atoms with E-state index in [1.165, 1.54) is 56.9 Å². The molecule has 2 saturated carbocycles. The molecule has 2 aliphatic rings. The second-order valence-corrected chi connectivity index (χ2v) is 6.63. The Kier molecular flexibility index (Phi) is 3.93. The van der Waals surface area contributed by atoms with Crippen LogP contribution in [0.4, 0.5) is 0 Å². The average molecular weight is 258 g/mol. The molecule has 1 unspecified atom stereocenters. The molecule has 19 heavy (non-hydrogen) atoms. The van der Waals surface area contributed by atoms with Gasteiger partial charge in [-0.1, -0.05) is 68.9 Å². The smallest absolute Gasteiger partial charge is 0.0639 e. The first-order chi connectivity index (χ1) is 9.31. The highest BCUT2D eigenvalue weighted by molar-refractivity contribution is 5.28. The predicted molar refractivity (Wildman–Crippen MR) is 79.2 cm³/mol. The van der Waals surface area contributed by atoms with E-state index >= 15 is 0 Å². The highest BCUT2D eigenvalue weighted by Gasteiger charge is 2.42. The van der Waals surface area contributed by atoms with Crippen LogP contribution in [0.25, 0.3) is 0 Å². The van der Waals surface area contributed by atoms with Crippen LogP contribution in [-0.4, -0.2) is 11.2 Å². The molecule has 1 aromatic rings. The van der Waals surface area contributed by atoms with E-state index in [4.69, 9.17) is 0 Å². The van der Waals surface area contributed by atoms with Gasteiger partial charge in [0, 0.05) is 5.41 Å². The summed E-state index contributed by atoms with van der Waals surface area (Å²) in [5.74, 6) is 0.774. The lowest BCUT2D eigenvalue weighted by Crippen LogP contribution is -2.38. The first-order valence-electron chi connectivity index (χ1n) is 8.05. The van der Waals surface area contributed by atoms with Gasteiger partial charge in [0.05, 0.1) is 6.10 Å². The number of aliphatic hydroxyl groups excluding tert-OH is 1. The van der Waals surface area contributed by atoms with Crippen LogP contribution in [0.5, 0.6) is 0 Å². The van der Waals surface area contributed by atoms with Gasteiger partial charge in [0.1, 0.15) is 0 Å². The summed E-state index contributed by atoms with van der Waals surface area (Å²) < 4.78 is 0. The zero-order valence-corrected chi connectivity index (χ0v) is 11.9. The van der Waals surface area contributed by atoms with Gasteiger partial charge in [-0.2, -0.15) is 0 Å². The Balaban J connectivity index is 1.79. The minimum atomic E-state index is -0.138. The summed E-state index contributed by atoms with van der Waals surface area (Å²) in [4.78, 5) is 0. The van der Waals surface area contributed by atoms with Crippen molar-refractivity contribution in [3.05, 3.63) is 35.9 Å². The molecule has 0 aliphatic heterocycles. The molecular weight excluding hydrogens is 232 g/mol. The first-order valence-corrected chi connectivity index (χ1v) is 8.05. The molecule has 0 spiro atoms. The second-order valence-electron chi connectivity index (χ2n) is 6.63. The maximum absolute atomic E-state index is 10.9. The van der Waals surface area contributed by atoms with Gasteiger partial charge >= 0.3 is 0 Å². The fourth-order valence-corrected chi connectivity index (χ4v) is 4.38. The van der Waals surface area contributed by atoms with Crippen LogP contribution >= 0.6 is 0 Å². The Morgan fingerprint density at radius 1 is 1.00 bits per heavy atom. The molecule has 0 amide bonds. The zero-order chi connectivity index (χ0) is 13.1. The van der Waals surface area contributed by atoms with Crippen molar-refractivity contribution in [1.29, 1.82) is 0 Å². The molecule has 3 rings (SSSR count). The van der Waals surface area contributed by atoms with Gasteiger partial charge in [0.15, 0.2) is 0 Å². The lowest BCUT2D eigenvalue weighted by molar-refractivity contribution is 0.0595. The van der Waals surface area contributed by atoms with E-state index in [-0.39, 0.29) is 11.5 Å². The van der Waals surface area contributed by atoms with Crippen molar-refractivity contribution in [2.75, 3.05) is 0 Å². The molecule has 1 heteroatoms.